The molecule has 0 radical (unpaired) electrons. The quantitative estimate of drug-likeness (QED) is 0.771. The van der Waals surface area contributed by atoms with Crippen molar-refractivity contribution in [2.75, 3.05) is 13.2 Å². The molecule has 1 aliphatic rings. The number of hydrogen-bond donors (Lipinski definition) is 1. The van der Waals surface area contributed by atoms with Crippen LogP contribution in [0.15, 0.2) is 18.5 Å². The molecule has 88 valence electrons. The van der Waals surface area contributed by atoms with Crippen molar-refractivity contribution >= 4 is 0 Å². The van der Waals surface area contributed by atoms with E-state index in [1.165, 1.54) is 24.0 Å². The summed E-state index contributed by atoms with van der Waals surface area (Å²) in [4.78, 5) is 4.09. The summed E-state index contributed by atoms with van der Waals surface area (Å²) in [5.41, 5.74) is 2.59. The molecule has 1 saturated heterocycles. The largest absolute Gasteiger partial charge is 0.378 e. The lowest BCUT2D eigenvalue weighted by Gasteiger charge is -2.10. The topological polar surface area (TPSA) is 34.2 Å². The summed E-state index contributed by atoms with van der Waals surface area (Å²) in [6.07, 6.45) is 7.85. The molecule has 1 N–H and O–H groups in total. The Morgan fingerprint density at radius 2 is 2.50 bits per heavy atom. The zero-order valence-electron chi connectivity index (χ0n) is 9.91. The van der Waals surface area contributed by atoms with E-state index in [4.69, 9.17) is 4.74 Å². The molecule has 1 unspecified atom stereocenters. The third-order valence-corrected chi connectivity index (χ3v) is 3.12. The van der Waals surface area contributed by atoms with E-state index in [0.29, 0.717) is 6.10 Å². The average molecular weight is 220 g/mol. The van der Waals surface area contributed by atoms with Crippen LogP contribution in [-0.4, -0.2) is 24.2 Å². The van der Waals surface area contributed by atoms with Gasteiger partial charge < -0.3 is 10.1 Å². The van der Waals surface area contributed by atoms with Crippen molar-refractivity contribution < 1.29 is 4.74 Å². The predicted octanol–water partition coefficient (Wildman–Crippen LogP) is 2.05. The van der Waals surface area contributed by atoms with Gasteiger partial charge in [0, 0.05) is 25.5 Å². The highest BCUT2D eigenvalue weighted by molar-refractivity contribution is 5.21. The minimum absolute atomic E-state index is 0.492. The number of aromatic nitrogens is 1. The van der Waals surface area contributed by atoms with Gasteiger partial charge in [0.2, 0.25) is 0 Å². The second-order valence-corrected chi connectivity index (χ2v) is 4.40. The van der Waals surface area contributed by atoms with Crippen molar-refractivity contribution in [1.82, 2.24) is 10.3 Å². The van der Waals surface area contributed by atoms with Crippen LogP contribution >= 0.6 is 0 Å². The van der Waals surface area contributed by atoms with Crippen molar-refractivity contribution in [3.05, 3.63) is 29.6 Å². The molecule has 0 spiro atoms. The Bertz CT molecular complexity index is 321. The van der Waals surface area contributed by atoms with E-state index in [1.807, 2.05) is 12.4 Å². The zero-order chi connectivity index (χ0) is 11.2. The first kappa shape index (κ1) is 11.6. The first-order valence-corrected chi connectivity index (χ1v) is 6.08. The predicted molar refractivity (Wildman–Crippen MR) is 64.3 cm³/mol. The van der Waals surface area contributed by atoms with Gasteiger partial charge in [0.1, 0.15) is 0 Å². The summed E-state index contributed by atoms with van der Waals surface area (Å²) in [6, 6.07) is 2.08. The standard InChI is InChI=1S/C13H20N2O/c1-11-9-14-6-4-12(11)10-15-7-5-13-3-2-8-16-13/h4,6,9,13,15H,2-3,5,7-8,10H2,1H3. The molecule has 1 aromatic heterocycles. The van der Waals surface area contributed by atoms with E-state index in [2.05, 4.69) is 23.3 Å². The average Bonchev–Trinajstić information content (AvgIpc) is 2.79. The van der Waals surface area contributed by atoms with Crippen molar-refractivity contribution in [2.24, 2.45) is 0 Å². The molecule has 0 saturated carbocycles. The van der Waals surface area contributed by atoms with Crippen LogP contribution in [0.3, 0.4) is 0 Å². The molecule has 1 aromatic rings. The smallest absolute Gasteiger partial charge is 0.0588 e. The van der Waals surface area contributed by atoms with Gasteiger partial charge in [-0.3, -0.25) is 4.98 Å². The lowest BCUT2D eigenvalue weighted by Crippen LogP contribution is -2.20. The fraction of sp³-hybridized carbons (Fsp3) is 0.615. The normalized spacial score (nSPS) is 20.2. The number of nitrogens with zero attached hydrogens (tertiary/aromatic N) is 1. The Morgan fingerprint density at radius 1 is 1.56 bits per heavy atom. The van der Waals surface area contributed by atoms with E-state index in [1.54, 1.807) is 0 Å². The molecule has 0 aromatic carbocycles. The third kappa shape index (κ3) is 3.29. The maximum atomic E-state index is 5.58. The van der Waals surface area contributed by atoms with Crippen molar-refractivity contribution in [3.8, 4) is 0 Å². The molecule has 16 heavy (non-hydrogen) atoms. The second kappa shape index (κ2) is 5.97. The summed E-state index contributed by atoms with van der Waals surface area (Å²) in [6.45, 7) is 5.02. The van der Waals surface area contributed by atoms with Crippen LogP contribution < -0.4 is 5.32 Å². The number of ether oxygens (including phenoxy) is 1. The summed E-state index contributed by atoms with van der Waals surface area (Å²) in [5, 5.41) is 3.46. The number of pyridine rings is 1. The molecule has 1 atom stereocenters. The van der Waals surface area contributed by atoms with Gasteiger partial charge in [-0.15, -0.1) is 0 Å². The van der Waals surface area contributed by atoms with Gasteiger partial charge in [0.05, 0.1) is 6.10 Å². The van der Waals surface area contributed by atoms with Crippen LogP contribution in [0.2, 0.25) is 0 Å². The van der Waals surface area contributed by atoms with Crippen LogP contribution in [0.4, 0.5) is 0 Å². The molecule has 2 heterocycles. The van der Waals surface area contributed by atoms with Crippen molar-refractivity contribution in [3.63, 3.8) is 0 Å². The molecule has 1 fully saturated rings. The molecule has 0 amide bonds. The molecule has 3 nitrogen and oxygen atoms in total. The molecule has 3 heteroatoms. The fourth-order valence-corrected chi connectivity index (χ4v) is 2.06. The van der Waals surface area contributed by atoms with Gasteiger partial charge in [0.15, 0.2) is 0 Å². The van der Waals surface area contributed by atoms with E-state index in [9.17, 15) is 0 Å². The van der Waals surface area contributed by atoms with Crippen molar-refractivity contribution in [2.45, 2.75) is 38.8 Å². The van der Waals surface area contributed by atoms with Crippen LogP contribution in [0.1, 0.15) is 30.4 Å². The van der Waals surface area contributed by atoms with Gasteiger partial charge in [-0.05, 0) is 49.9 Å². The Kier molecular flexibility index (Phi) is 4.31. The highest BCUT2D eigenvalue weighted by atomic mass is 16.5. The number of nitrogens with one attached hydrogen (secondary N) is 1. The summed E-state index contributed by atoms with van der Waals surface area (Å²) < 4.78 is 5.58. The fourth-order valence-electron chi connectivity index (χ4n) is 2.06. The summed E-state index contributed by atoms with van der Waals surface area (Å²) in [7, 11) is 0. The molecule has 0 aliphatic carbocycles. The second-order valence-electron chi connectivity index (χ2n) is 4.40. The maximum Gasteiger partial charge on any atom is 0.0588 e. The van der Waals surface area contributed by atoms with Gasteiger partial charge in [-0.1, -0.05) is 0 Å². The van der Waals surface area contributed by atoms with E-state index >= 15 is 0 Å². The number of rotatable bonds is 5. The molecular weight excluding hydrogens is 200 g/mol. The summed E-state index contributed by atoms with van der Waals surface area (Å²) in [5.74, 6) is 0. The van der Waals surface area contributed by atoms with Gasteiger partial charge >= 0.3 is 0 Å². The van der Waals surface area contributed by atoms with Crippen LogP contribution in [0.25, 0.3) is 0 Å². The maximum absolute atomic E-state index is 5.58. The van der Waals surface area contributed by atoms with E-state index in [0.717, 1.165) is 26.1 Å². The number of hydrogen-bond acceptors (Lipinski definition) is 3. The van der Waals surface area contributed by atoms with Gasteiger partial charge in [-0.25, -0.2) is 0 Å². The van der Waals surface area contributed by atoms with Crippen molar-refractivity contribution in [1.29, 1.82) is 0 Å². The highest BCUT2D eigenvalue weighted by Crippen LogP contribution is 2.14. The van der Waals surface area contributed by atoms with Crippen LogP contribution in [0.5, 0.6) is 0 Å². The molecular formula is C13H20N2O. The Hall–Kier alpha value is -0.930. The summed E-state index contributed by atoms with van der Waals surface area (Å²) >= 11 is 0. The number of aryl methyl sites for hydroxylation is 1. The zero-order valence-corrected chi connectivity index (χ0v) is 9.91. The van der Waals surface area contributed by atoms with E-state index < -0.39 is 0 Å². The van der Waals surface area contributed by atoms with Gasteiger partial charge in [-0.2, -0.15) is 0 Å². The Morgan fingerprint density at radius 3 is 3.25 bits per heavy atom. The Labute approximate surface area is 97.2 Å². The molecule has 2 rings (SSSR count). The first-order chi connectivity index (χ1) is 7.86. The lowest BCUT2D eigenvalue weighted by atomic mass is 10.1. The highest BCUT2D eigenvalue weighted by Gasteiger charge is 2.14. The van der Waals surface area contributed by atoms with Crippen LogP contribution in [0, 0.1) is 6.92 Å². The Balaban J connectivity index is 1.66. The minimum Gasteiger partial charge on any atom is -0.378 e. The monoisotopic (exact) mass is 220 g/mol. The minimum atomic E-state index is 0.492. The van der Waals surface area contributed by atoms with E-state index in [-0.39, 0.29) is 0 Å². The molecule has 1 aliphatic heterocycles. The van der Waals surface area contributed by atoms with Crippen LogP contribution in [-0.2, 0) is 11.3 Å². The SMILES string of the molecule is Cc1cnccc1CNCCC1CCCO1. The third-order valence-electron chi connectivity index (χ3n) is 3.12. The lowest BCUT2D eigenvalue weighted by molar-refractivity contribution is 0.104. The van der Waals surface area contributed by atoms with Gasteiger partial charge in [0.25, 0.3) is 0 Å². The first-order valence-electron chi connectivity index (χ1n) is 6.08. The molecule has 0 bridgehead atoms.